The van der Waals surface area contributed by atoms with Gasteiger partial charge >= 0.3 is 0 Å². The molecule has 0 unspecified atom stereocenters. The van der Waals surface area contributed by atoms with Crippen molar-refractivity contribution < 1.29 is 13.0 Å². The molecule has 0 aliphatic carbocycles. The minimum Gasteiger partial charge on any atom is -0.399 e. The minimum absolute atomic E-state index is 0.0494. The van der Waals surface area contributed by atoms with E-state index in [1.54, 1.807) is 0 Å². The number of hydrogen-bond donors (Lipinski definition) is 2. The van der Waals surface area contributed by atoms with E-state index in [4.69, 9.17) is 21.9 Å². The van der Waals surface area contributed by atoms with Gasteiger partial charge in [0.25, 0.3) is 10.1 Å². The fraction of sp³-hybridized carbons (Fsp3) is 0.250. The Morgan fingerprint density at radius 1 is 1.36 bits per heavy atom. The summed E-state index contributed by atoms with van der Waals surface area (Å²) >= 11 is 5.49. The van der Waals surface area contributed by atoms with Crippen molar-refractivity contribution in [3.05, 3.63) is 23.2 Å². The van der Waals surface area contributed by atoms with E-state index in [0.717, 1.165) is 6.07 Å². The zero-order valence-electron chi connectivity index (χ0n) is 7.86. The van der Waals surface area contributed by atoms with Crippen molar-refractivity contribution in [1.82, 2.24) is 0 Å². The van der Waals surface area contributed by atoms with Crippen LogP contribution in [-0.4, -0.2) is 13.0 Å². The number of rotatable bonds is 1. The first-order chi connectivity index (χ1) is 6.41. The van der Waals surface area contributed by atoms with Gasteiger partial charge in [-0.3, -0.25) is 4.55 Å². The van der Waals surface area contributed by atoms with Crippen LogP contribution in [0.1, 0.15) is 13.8 Å². The number of anilines is 1. The molecule has 0 spiro atoms. The highest BCUT2D eigenvalue weighted by atomic mass is 35.5. The van der Waals surface area contributed by atoms with Gasteiger partial charge in [0, 0.05) is 5.69 Å². The second kappa shape index (κ2) is 5.19. The molecule has 0 saturated heterocycles. The van der Waals surface area contributed by atoms with Crippen LogP contribution in [0, 0.1) is 0 Å². The van der Waals surface area contributed by atoms with Crippen molar-refractivity contribution in [1.29, 1.82) is 0 Å². The number of nitrogens with two attached hydrogens (primary N) is 1. The number of hydrogen-bond acceptors (Lipinski definition) is 3. The van der Waals surface area contributed by atoms with Gasteiger partial charge < -0.3 is 5.73 Å². The summed E-state index contributed by atoms with van der Waals surface area (Å²) in [5.74, 6) is 0. The molecule has 14 heavy (non-hydrogen) atoms. The highest BCUT2D eigenvalue weighted by Gasteiger charge is 2.13. The van der Waals surface area contributed by atoms with Crippen LogP contribution in [0.25, 0.3) is 0 Å². The average molecular weight is 238 g/mol. The summed E-state index contributed by atoms with van der Waals surface area (Å²) in [6.07, 6.45) is 0. The zero-order valence-corrected chi connectivity index (χ0v) is 9.43. The maximum atomic E-state index is 10.6. The average Bonchev–Trinajstić information content (AvgIpc) is 2.11. The molecule has 3 N–H and O–H groups in total. The Bertz CT molecular complexity index is 403. The van der Waals surface area contributed by atoms with Crippen molar-refractivity contribution >= 4 is 27.4 Å². The second-order valence-electron chi connectivity index (χ2n) is 2.16. The molecule has 4 nitrogen and oxygen atoms in total. The Balaban J connectivity index is 0.000000791. The van der Waals surface area contributed by atoms with Gasteiger partial charge in [-0.15, -0.1) is 0 Å². The van der Waals surface area contributed by atoms with E-state index in [2.05, 4.69) is 0 Å². The van der Waals surface area contributed by atoms with E-state index in [1.165, 1.54) is 12.1 Å². The topological polar surface area (TPSA) is 80.4 Å². The smallest absolute Gasteiger partial charge is 0.296 e. The number of nitrogen functional groups attached to an aromatic ring is 1. The van der Waals surface area contributed by atoms with Gasteiger partial charge in [-0.05, 0) is 18.2 Å². The predicted octanol–water partition coefficient (Wildman–Crippen LogP) is 2.20. The van der Waals surface area contributed by atoms with Gasteiger partial charge in [0.2, 0.25) is 0 Å². The standard InChI is InChI=1S/C6H6ClNO3S.C2H6/c7-5-2-1-4(8)3-6(5)12(9,10)11;1-2/h1-3H,8H2,(H,9,10,11);1-2H3. The highest BCUT2D eigenvalue weighted by Crippen LogP contribution is 2.22. The summed E-state index contributed by atoms with van der Waals surface area (Å²) in [5, 5.41) is -0.0494. The third-order valence-corrected chi connectivity index (χ3v) is 2.57. The lowest BCUT2D eigenvalue weighted by Gasteiger charge is -2.00. The highest BCUT2D eigenvalue weighted by molar-refractivity contribution is 7.86. The van der Waals surface area contributed by atoms with E-state index >= 15 is 0 Å². The monoisotopic (exact) mass is 237 g/mol. The molecule has 0 heterocycles. The van der Waals surface area contributed by atoms with Crippen LogP contribution in [0.3, 0.4) is 0 Å². The first-order valence-electron chi connectivity index (χ1n) is 3.94. The van der Waals surface area contributed by atoms with Crippen LogP contribution in [0.15, 0.2) is 23.1 Å². The predicted molar refractivity (Wildman–Crippen MR) is 57.0 cm³/mol. The lowest BCUT2D eigenvalue weighted by atomic mass is 10.3. The lowest BCUT2D eigenvalue weighted by molar-refractivity contribution is 0.483. The Hall–Kier alpha value is -0.780. The molecular weight excluding hydrogens is 226 g/mol. The molecular formula is C8H12ClNO3S. The second-order valence-corrected chi connectivity index (χ2v) is 3.96. The molecule has 0 fully saturated rings. The molecule has 1 aromatic carbocycles. The van der Waals surface area contributed by atoms with Gasteiger partial charge in [-0.2, -0.15) is 8.42 Å². The van der Waals surface area contributed by atoms with Crippen molar-refractivity contribution in [2.45, 2.75) is 18.7 Å². The van der Waals surface area contributed by atoms with Gasteiger partial charge in [0.15, 0.2) is 0 Å². The SMILES string of the molecule is CC.Nc1ccc(Cl)c(S(=O)(=O)O)c1. The molecule has 80 valence electrons. The normalized spacial score (nSPS) is 10.3. The quantitative estimate of drug-likeness (QED) is 0.580. The third kappa shape index (κ3) is 3.53. The molecule has 6 heteroatoms. The van der Waals surface area contributed by atoms with Crippen molar-refractivity contribution in [3.8, 4) is 0 Å². The molecule has 0 amide bonds. The Morgan fingerprint density at radius 2 is 1.86 bits per heavy atom. The molecule has 0 radical (unpaired) electrons. The van der Waals surface area contributed by atoms with Crippen LogP contribution in [-0.2, 0) is 10.1 Å². The molecule has 0 aliphatic rings. The molecule has 1 rings (SSSR count). The van der Waals surface area contributed by atoms with E-state index in [-0.39, 0.29) is 15.6 Å². The summed E-state index contributed by atoms with van der Waals surface area (Å²) in [5.41, 5.74) is 5.52. The largest absolute Gasteiger partial charge is 0.399 e. The summed E-state index contributed by atoms with van der Waals surface area (Å²) in [6.45, 7) is 4.00. The van der Waals surface area contributed by atoms with E-state index in [0.29, 0.717) is 0 Å². The maximum absolute atomic E-state index is 10.6. The lowest BCUT2D eigenvalue weighted by Crippen LogP contribution is -2.00. The van der Waals surface area contributed by atoms with Gasteiger partial charge in [-0.1, -0.05) is 25.4 Å². The van der Waals surface area contributed by atoms with E-state index in [1.807, 2.05) is 13.8 Å². The van der Waals surface area contributed by atoms with Crippen LogP contribution in [0.2, 0.25) is 5.02 Å². The Morgan fingerprint density at radius 3 is 2.21 bits per heavy atom. The van der Waals surface area contributed by atoms with Crippen LogP contribution >= 0.6 is 11.6 Å². The molecule has 1 aromatic rings. The van der Waals surface area contributed by atoms with Crippen molar-refractivity contribution in [3.63, 3.8) is 0 Å². The van der Waals surface area contributed by atoms with E-state index < -0.39 is 10.1 Å². The van der Waals surface area contributed by atoms with Crippen LogP contribution < -0.4 is 5.73 Å². The fourth-order valence-corrected chi connectivity index (χ4v) is 1.73. The van der Waals surface area contributed by atoms with Gasteiger partial charge in [0.05, 0.1) is 5.02 Å². The van der Waals surface area contributed by atoms with E-state index in [9.17, 15) is 8.42 Å². The summed E-state index contributed by atoms with van der Waals surface area (Å²) in [7, 11) is -4.27. The van der Waals surface area contributed by atoms with Crippen LogP contribution in [0.5, 0.6) is 0 Å². The molecule has 0 aliphatic heterocycles. The summed E-state index contributed by atoms with van der Waals surface area (Å²) in [6, 6.07) is 3.84. The molecule has 0 atom stereocenters. The minimum atomic E-state index is -4.27. The summed E-state index contributed by atoms with van der Waals surface area (Å²) < 4.78 is 29.9. The first-order valence-corrected chi connectivity index (χ1v) is 5.75. The maximum Gasteiger partial charge on any atom is 0.296 e. The zero-order chi connectivity index (χ0) is 11.4. The Labute approximate surface area is 88.4 Å². The molecule has 0 bridgehead atoms. The number of halogens is 1. The number of benzene rings is 1. The molecule has 0 aromatic heterocycles. The van der Waals surface area contributed by atoms with Gasteiger partial charge in [-0.25, -0.2) is 0 Å². The van der Waals surface area contributed by atoms with Gasteiger partial charge in [0.1, 0.15) is 4.90 Å². The first kappa shape index (κ1) is 13.2. The Kier molecular flexibility index (Phi) is 4.90. The van der Waals surface area contributed by atoms with Crippen molar-refractivity contribution in [2.75, 3.05) is 5.73 Å². The summed E-state index contributed by atoms with van der Waals surface area (Å²) in [4.78, 5) is -0.371. The van der Waals surface area contributed by atoms with Crippen LogP contribution in [0.4, 0.5) is 5.69 Å². The fourth-order valence-electron chi connectivity index (χ4n) is 0.718. The third-order valence-electron chi connectivity index (χ3n) is 1.23. The molecule has 0 saturated carbocycles. The van der Waals surface area contributed by atoms with Crippen molar-refractivity contribution in [2.24, 2.45) is 0 Å².